The highest BCUT2D eigenvalue weighted by atomic mass is 32.2. The zero-order valence-corrected chi connectivity index (χ0v) is 16.0. The lowest BCUT2D eigenvalue weighted by Crippen LogP contribution is -2.31. The van der Waals surface area contributed by atoms with Gasteiger partial charge in [0.25, 0.3) is 5.56 Å². The number of halogens is 1. The molecule has 0 spiro atoms. The van der Waals surface area contributed by atoms with Gasteiger partial charge in [0.2, 0.25) is 5.91 Å². The summed E-state index contributed by atoms with van der Waals surface area (Å²) in [7, 11) is 0. The highest BCUT2D eigenvalue weighted by Crippen LogP contribution is 2.34. The number of nitrogens with zero attached hydrogens (tertiary/aromatic N) is 1. The second-order valence-electron chi connectivity index (χ2n) is 6.73. The smallest absolute Gasteiger partial charge is 0.257 e. The minimum absolute atomic E-state index is 0.179. The first-order chi connectivity index (χ1) is 13.5. The fourth-order valence-electron chi connectivity index (χ4n) is 3.26. The van der Waals surface area contributed by atoms with Crippen LogP contribution in [-0.2, 0) is 10.5 Å². The number of nitrogens with one attached hydrogen (secondary N) is 2. The van der Waals surface area contributed by atoms with E-state index < -0.39 is 0 Å². The molecule has 0 aliphatic carbocycles. The molecule has 1 atom stereocenters. The van der Waals surface area contributed by atoms with Gasteiger partial charge >= 0.3 is 0 Å². The molecule has 0 bridgehead atoms. The number of aromatic amines is 1. The summed E-state index contributed by atoms with van der Waals surface area (Å²) in [6.45, 7) is 1.98. The molecule has 4 rings (SSSR count). The molecular weight excluding hydrogens is 377 g/mol. The van der Waals surface area contributed by atoms with Crippen molar-refractivity contribution in [1.29, 1.82) is 0 Å². The van der Waals surface area contributed by atoms with Gasteiger partial charge in [0.15, 0.2) is 5.16 Å². The summed E-state index contributed by atoms with van der Waals surface area (Å²) in [5.41, 5.74) is 2.71. The molecule has 0 saturated heterocycles. The van der Waals surface area contributed by atoms with Crippen molar-refractivity contribution in [2.75, 3.05) is 5.32 Å². The number of carbonyl (C=O) groups excluding carboxylic acids is 1. The standard InChI is InChI=1S/C21H18FN3O2S/c1-12-6-8-13(9-7-12)15-10-17(26)23-19-18(15)20(27)25-21(24-19)28-11-14-4-2-3-5-16(14)22/h2-9,15H,10-11H2,1H3,(H2,23,24,25,26,27). The van der Waals surface area contributed by atoms with Crippen molar-refractivity contribution in [2.45, 2.75) is 30.2 Å². The Kier molecular flexibility index (Phi) is 5.00. The van der Waals surface area contributed by atoms with Crippen LogP contribution in [-0.4, -0.2) is 15.9 Å². The third-order valence-electron chi connectivity index (χ3n) is 4.73. The third-order valence-corrected chi connectivity index (χ3v) is 5.65. The fraction of sp³-hybridized carbons (Fsp3) is 0.190. The number of H-pyrrole nitrogens is 1. The molecule has 1 amide bonds. The molecule has 28 heavy (non-hydrogen) atoms. The summed E-state index contributed by atoms with van der Waals surface area (Å²) in [5, 5.41) is 3.05. The molecule has 0 radical (unpaired) electrons. The average molecular weight is 395 g/mol. The third kappa shape index (κ3) is 3.71. The lowest BCUT2D eigenvalue weighted by molar-refractivity contribution is -0.116. The molecule has 5 nitrogen and oxygen atoms in total. The predicted molar refractivity (Wildman–Crippen MR) is 107 cm³/mol. The van der Waals surface area contributed by atoms with Crippen molar-refractivity contribution < 1.29 is 9.18 Å². The Morgan fingerprint density at radius 3 is 2.64 bits per heavy atom. The normalized spacial score (nSPS) is 15.8. The van der Waals surface area contributed by atoms with E-state index in [1.54, 1.807) is 18.2 Å². The van der Waals surface area contributed by atoms with Gasteiger partial charge in [-0.05, 0) is 24.1 Å². The van der Waals surface area contributed by atoms with Crippen LogP contribution in [0.2, 0.25) is 0 Å². The maximum atomic E-state index is 13.8. The highest BCUT2D eigenvalue weighted by molar-refractivity contribution is 7.98. The molecule has 1 aliphatic heterocycles. The number of benzene rings is 2. The summed E-state index contributed by atoms with van der Waals surface area (Å²) in [5.74, 6) is -0.221. The van der Waals surface area contributed by atoms with Gasteiger partial charge in [-0.3, -0.25) is 9.59 Å². The van der Waals surface area contributed by atoms with E-state index in [2.05, 4.69) is 15.3 Å². The van der Waals surface area contributed by atoms with Gasteiger partial charge in [-0.2, -0.15) is 0 Å². The number of thioether (sulfide) groups is 1. The van der Waals surface area contributed by atoms with Crippen LogP contribution < -0.4 is 10.9 Å². The van der Waals surface area contributed by atoms with Gasteiger partial charge in [-0.25, -0.2) is 9.37 Å². The minimum atomic E-state index is -0.341. The van der Waals surface area contributed by atoms with Crippen molar-refractivity contribution in [3.63, 3.8) is 0 Å². The number of amides is 1. The predicted octanol–water partition coefficient (Wildman–Crippen LogP) is 3.98. The minimum Gasteiger partial charge on any atom is -0.310 e. The van der Waals surface area contributed by atoms with Crippen LogP contribution in [0.25, 0.3) is 0 Å². The van der Waals surface area contributed by atoms with Gasteiger partial charge in [0.05, 0.1) is 5.56 Å². The maximum absolute atomic E-state index is 13.8. The summed E-state index contributed by atoms with van der Waals surface area (Å²) in [6.07, 6.45) is 0.197. The van der Waals surface area contributed by atoms with E-state index in [4.69, 9.17) is 0 Å². The van der Waals surface area contributed by atoms with Gasteiger partial charge in [-0.15, -0.1) is 0 Å². The van der Waals surface area contributed by atoms with Crippen LogP contribution in [0, 0.1) is 12.7 Å². The molecule has 1 unspecified atom stereocenters. The number of anilines is 1. The van der Waals surface area contributed by atoms with Crippen molar-refractivity contribution in [2.24, 2.45) is 0 Å². The molecule has 0 saturated carbocycles. The zero-order valence-electron chi connectivity index (χ0n) is 15.2. The Labute approximate surface area is 165 Å². The van der Waals surface area contributed by atoms with Crippen molar-refractivity contribution in [3.05, 3.63) is 87.0 Å². The molecule has 142 valence electrons. The van der Waals surface area contributed by atoms with Gasteiger partial charge in [0.1, 0.15) is 11.6 Å². The van der Waals surface area contributed by atoms with E-state index >= 15 is 0 Å². The molecule has 1 aliphatic rings. The Morgan fingerprint density at radius 2 is 1.89 bits per heavy atom. The number of fused-ring (bicyclic) bond motifs is 1. The zero-order chi connectivity index (χ0) is 19.7. The van der Waals surface area contributed by atoms with E-state index in [1.807, 2.05) is 31.2 Å². The molecular formula is C21H18FN3O2S. The number of rotatable bonds is 4. The van der Waals surface area contributed by atoms with Crippen LogP contribution in [0.15, 0.2) is 58.5 Å². The molecule has 1 aromatic heterocycles. The van der Waals surface area contributed by atoms with Crippen LogP contribution >= 0.6 is 11.8 Å². The molecule has 0 fully saturated rings. The maximum Gasteiger partial charge on any atom is 0.257 e. The number of hydrogen-bond donors (Lipinski definition) is 2. The summed E-state index contributed by atoms with van der Waals surface area (Å²) >= 11 is 1.22. The second kappa shape index (κ2) is 7.59. The highest BCUT2D eigenvalue weighted by Gasteiger charge is 2.30. The molecule has 2 heterocycles. The summed E-state index contributed by atoms with van der Waals surface area (Å²) in [4.78, 5) is 32.2. The van der Waals surface area contributed by atoms with Crippen LogP contribution in [0.1, 0.15) is 34.6 Å². The van der Waals surface area contributed by atoms with Crippen molar-refractivity contribution in [3.8, 4) is 0 Å². The van der Waals surface area contributed by atoms with Gasteiger partial charge in [-0.1, -0.05) is 59.8 Å². The fourth-order valence-corrected chi connectivity index (χ4v) is 4.11. The van der Waals surface area contributed by atoms with E-state index in [-0.39, 0.29) is 35.4 Å². The lowest BCUT2D eigenvalue weighted by atomic mass is 9.86. The first kappa shape index (κ1) is 18.4. The average Bonchev–Trinajstić information content (AvgIpc) is 2.67. The Balaban J connectivity index is 1.66. The van der Waals surface area contributed by atoms with Gasteiger partial charge in [0, 0.05) is 18.1 Å². The van der Waals surface area contributed by atoms with Crippen LogP contribution in [0.3, 0.4) is 0 Å². The number of aryl methyl sites for hydroxylation is 1. The van der Waals surface area contributed by atoms with Crippen molar-refractivity contribution in [1.82, 2.24) is 9.97 Å². The number of hydrogen-bond acceptors (Lipinski definition) is 4. The summed E-state index contributed by atoms with van der Waals surface area (Å²) < 4.78 is 13.8. The van der Waals surface area contributed by atoms with E-state index in [9.17, 15) is 14.0 Å². The van der Waals surface area contributed by atoms with E-state index in [1.165, 1.54) is 17.8 Å². The number of aromatic nitrogens is 2. The topological polar surface area (TPSA) is 74.8 Å². The van der Waals surface area contributed by atoms with Crippen LogP contribution in [0.4, 0.5) is 10.2 Å². The Hall–Kier alpha value is -2.93. The Bertz CT molecular complexity index is 1100. The van der Waals surface area contributed by atoms with Crippen molar-refractivity contribution >= 4 is 23.5 Å². The monoisotopic (exact) mass is 395 g/mol. The van der Waals surface area contributed by atoms with E-state index in [0.717, 1.165) is 11.1 Å². The quantitative estimate of drug-likeness (QED) is 0.518. The first-order valence-corrected chi connectivity index (χ1v) is 9.86. The largest absolute Gasteiger partial charge is 0.310 e. The van der Waals surface area contributed by atoms with Crippen LogP contribution in [0.5, 0.6) is 0 Å². The first-order valence-electron chi connectivity index (χ1n) is 8.88. The molecule has 2 N–H and O–H groups in total. The Morgan fingerprint density at radius 1 is 1.14 bits per heavy atom. The molecule has 3 aromatic rings. The summed E-state index contributed by atoms with van der Waals surface area (Å²) in [6, 6.07) is 14.3. The van der Waals surface area contributed by atoms with Gasteiger partial charge < -0.3 is 10.3 Å². The lowest BCUT2D eigenvalue weighted by Gasteiger charge is -2.24. The second-order valence-corrected chi connectivity index (χ2v) is 7.69. The van der Waals surface area contributed by atoms with E-state index in [0.29, 0.717) is 22.0 Å². The number of carbonyl (C=O) groups is 1. The molecule has 7 heteroatoms. The SMILES string of the molecule is Cc1ccc(C2CC(=O)Nc3nc(SCc4ccccc4F)[nH]c(=O)c32)cc1. The molecule has 2 aromatic carbocycles.